The van der Waals surface area contributed by atoms with Gasteiger partial charge in [-0.25, -0.2) is 0 Å². The average molecular weight is 271 g/mol. The summed E-state index contributed by atoms with van der Waals surface area (Å²) in [7, 11) is 0. The van der Waals surface area contributed by atoms with E-state index in [-0.39, 0.29) is 18.6 Å². The number of carbonyl (C=O) groups is 1. The summed E-state index contributed by atoms with van der Waals surface area (Å²) in [5.74, 6) is -0.218. The molecule has 0 saturated carbocycles. The van der Waals surface area contributed by atoms with Crippen LogP contribution in [-0.4, -0.2) is 18.6 Å². The Labute approximate surface area is 112 Å². The number of benzene rings is 1. The number of halogens is 1. The highest BCUT2D eigenvalue weighted by Crippen LogP contribution is 2.23. The molecule has 100 valence electrons. The molecule has 1 atom stereocenters. The lowest BCUT2D eigenvalue weighted by atomic mass is 10.2. The predicted molar refractivity (Wildman–Crippen MR) is 74.8 cm³/mol. The summed E-state index contributed by atoms with van der Waals surface area (Å²) < 4.78 is 5.40. The topological polar surface area (TPSA) is 64.3 Å². The Morgan fingerprint density at radius 1 is 1.56 bits per heavy atom. The molecule has 0 saturated heterocycles. The van der Waals surface area contributed by atoms with Crippen LogP contribution in [0.4, 0.5) is 11.4 Å². The summed E-state index contributed by atoms with van der Waals surface area (Å²) in [5, 5.41) is 3.10. The quantitative estimate of drug-likeness (QED) is 0.781. The molecular weight excluding hydrogens is 252 g/mol. The SMILES string of the molecule is CCCC(C)OCC(=O)Nc1ccc(N)cc1Cl. The number of nitrogens with one attached hydrogen (secondary N) is 1. The molecular formula is C13H19ClN2O2. The van der Waals surface area contributed by atoms with Crippen molar-refractivity contribution in [2.45, 2.75) is 32.8 Å². The van der Waals surface area contributed by atoms with E-state index in [4.69, 9.17) is 22.1 Å². The molecule has 1 rings (SSSR count). The van der Waals surface area contributed by atoms with Crippen molar-refractivity contribution in [3.8, 4) is 0 Å². The molecule has 0 spiro atoms. The van der Waals surface area contributed by atoms with E-state index in [1.54, 1.807) is 18.2 Å². The van der Waals surface area contributed by atoms with Crippen LogP contribution < -0.4 is 11.1 Å². The third kappa shape index (κ3) is 4.94. The highest BCUT2D eigenvalue weighted by Gasteiger charge is 2.08. The number of amides is 1. The second-order valence-corrected chi connectivity index (χ2v) is 4.60. The molecule has 0 radical (unpaired) electrons. The zero-order chi connectivity index (χ0) is 13.5. The van der Waals surface area contributed by atoms with Gasteiger partial charge in [-0.1, -0.05) is 24.9 Å². The number of hydrogen-bond acceptors (Lipinski definition) is 3. The number of nitrogen functional groups attached to an aromatic ring is 1. The molecule has 18 heavy (non-hydrogen) atoms. The zero-order valence-electron chi connectivity index (χ0n) is 10.7. The van der Waals surface area contributed by atoms with Crippen molar-refractivity contribution < 1.29 is 9.53 Å². The van der Waals surface area contributed by atoms with Crippen LogP contribution >= 0.6 is 11.6 Å². The molecule has 5 heteroatoms. The van der Waals surface area contributed by atoms with E-state index in [0.29, 0.717) is 16.4 Å². The van der Waals surface area contributed by atoms with Crippen LogP contribution in [0.3, 0.4) is 0 Å². The Kier molecular flexibility index (Phi) is 5.95. The van der Waals surface area contributed by atoms with Gasteiger partial charge < -0.3 is 15.8 Å². The van der Waals surface area contributed by atoms with Gasteiger partial charge in [0.15, 0.2) is 0 Å². The lowest BCUT2D eigenvalue weighted by Crippen LogP contribution is -2.22. The van der Waals surface area contributed by atoms with Crippen LogP contribution in [0.15, 0.2) is 18.2 Å². The number of nitrogens with two attached hydrogens (primary N) is 1. The Morgan fingerprint density at radius 2 is 2.28 bits per heavy atom. The fourth-order valence-corrected chi connectivity index (χ4v) is 1.76. The van der Waals surface area contributed by atoms with Crippen molar-refractivity contribution in [3.05, 3.63) is 23.2 Å². The van der Waals surface area contributed by atoms with Crippen molar-refractivity contribution >= 4 is 28.9 Å². The third-order valence-electron chi connectivity index (χ3n) is 2.46. The molecule has 0 aliphatic heterocycles. The second-order valence-electron chi connectivity index (χ2n) is 4.20. The summed E-state index contributed by atoms with van der Waals surface area (Å²) in [4.78, 5) is 11.6. The highest BCUT2D eigenvalue weighted by molar-refractivity contribution is 6.34. The Bertz CT molecular complexity index is 410. The number of carbonyl (C=O) groups excluding carboxylic acids is 1. The van der Waals surface area contributed by atoms with E-state index in [0.717, 1.165) is 12.8 Å². The minimum absolute atomic E-state index is 0.0296. The van der Waals surface area contributed by atoms with E-state index in [1.807, 2.05) is 6.92 Å². The minimum atomic E-state index is -0.218. The van der Waals surface area contributed by atoms with Gasteiger partial charge in [0.2, 0.25) is 5.91 Å². The molecule has 3 N–H and O–H groups in total. The molecule has 0 aliphatic carbocycles. The molecule has 1 unspecified atom stereocenters. The summed E-state index contributed by atoms with van der Waals surface area (Å²) in [6.07, 6.45) is 2.06. The molecule has 1 amide bonds. The number of hydrogen-bond donors (Lipinski definition) is 2. The molecule has 0 aliphatic rings. The first kappa shape index (κ1) is 14.8. The smallest absolute Gasteiger partial charge is 0.250 e. The van der Waals surface area contributed by atoms with Crippen molar-refractivity contribution in [2.24, 2.45) is 0 Å². The van der Waals surface area contributed by atoms with Gasteiger partial charge in [0.25, 0.3) is 0 Å². The van der Waals surface area contributed by atoms with E-state index >= 15 is 0 Å². The number of anilines is 2. The van der Waals surface area contributed by atoms with Crippen LogP contribution in [-0.2, 0) is 9.53 Å². The van der Waals surface area contributed by atoms with Crippen molar-refractivity contribution in [3.63, 3.8) is 0 Å². The number of rotatable bonds is 6. The number of ether oxygens (including phenoxy) is 1. The molecule has 0 fully saturated rings. The first-order valence-electron chi connectivity index (χ1n) is 5.99. The normalized spacial score (nSPS) is 12.2. The Hall–Kier alpha value is -1.26. The summed E-state index contributed by atoms with van der Waals surface area (Å²) >= 11 is 5.95. The molecule has 0 heterocycles. The summed E-state index contributed by atoms with van der Waals surface area (Å²) in [6.45, 7) is 4.06. The van der Waals surface area contributed by atoms with Crippen LogP contribution in [0.1, 0.15) is 26.7 Å². The van der Waals surface area contributed by atoms with Gasteiger partial charge in [-0.05, 0) is 31.5 Å². The van der Waals surface area contributed by atoms with Gasteiger partial charge in [-0.2, -0.15) is 0 Å². The standard InChI is InChI=1S/C13H19ClN2O2/c1-3-4-9(2)18-8-13(17)16-12-6-5-10(15)7-11(12)14/h5-7,9H,3-4,8,15H2,1-2H3,(H,16,17). The van der Waals surface area contributed by atoms with Crippen LogP contribution in [0.2, 0.25) is 5.02 Å². The van der Waals surface area contributed by atoms with Crippen LogP contribution in [0.5, 0.6) is 0 Å². The maximum absolute atomic E-state index is 11.6. The largest absolute Gasteiger partial charge is 0.399 e. The molecule has 0 aromatic heterocycles. The lowest BCUT2D eigenvalue weighted by molar-refractivity contribution is -0.122. The predicted octanol–water partition coefficient (Wildman–Crippen LogP) is 3.07. The first-order chi connectivity index (χ1) is 8.52. The monoisotopic (exact) mass is 270 g/mol. The van der Waals surface area contributed by atoms with Gasteiger partial charge in [0, 0.05) is 5.69 Å². The Balaban J connectivity index is 2.44. The van der Waals surface area contributed by atoms with E-state index in [9.17, 15) is 4.79 Å². The minimum Gasteiger partial charge on any atom is -0.399 e. The van der Waals surface area contributed by atoms with Gasteiger partial charge in [-0.3, -0.25) is 4.79 Å². The fraction of sp³-hybridized carbons (Fsp3) is 0.462. The molecule has 4 nitrogen and oxygen atoms in total. The van der Waals surface area contributed by atoms with Crippen LogP contribution in [0.25, 0.3) is 0 Å². The van der Waals surface area contributed by atoms with Crippen molar-refractivity contribution in [1.29, 1.82) is 0 Å². The van der Waals surface area contributed by atoms with E-state index < -0.39 is 0 Å². The zero-order valence-corrected chi connectivity index (χ0v) is 11.5. The van der Waals surface area contributed by atoms with Gasteiger partial charge in [0.05, 0.1) is 16.8 Å². The molecule has 0 bridgehead atoms. The molecule has 1 aromatic rings. The van der Waals surface area contributed by atoms with E-state index in [1.165, 1.54) is 0 Å². The van der Waals surface area contributed by atoms with Crippen LogP contribution in [0, 0.1) is 0 Å². The lowest BCUT2D eigenvalue weighted by Gasteiger charge is -2.12. The van der Waals surface area contributed by atoms with Crippen molar-refractivity contribution in [1.82, 2.24) is 0 Å². The molecule has 1 aromatic carbocycles. The average Bonchev–Trinajstić information content (AvgIpc) is 2.31. The maximum atomic E-state index is 11.6. The fourth-order valence-electron chi connectivity index (χ4n) is 1.53. The van der Waals surface area contributed by atoms with Gasteiger partial charge in [-0.15, -0.1) is 0 Å². The Morgan fingerprint density at radius 3 is 2.89 bits per heavy atom. The second kappa shape index (κ2) is 7.24. The van der Waals surface area contributed by atoms with Crippen molar-refractivity contribution in [2.75, 3.05) is 17.7 Å². The maximum Gasteiger partial charge on any atom is 0.250 e. The summed E-state index contributed by atoms with van der Waals surface area (Å²) in [5.41, 5.74) is 6.67. The summed E-state index contributed by atoms with van der Waals surface area (Å²) in [6, 6.07) is 4.95. The van der Waals surface area contributed by atoms with E-state index in [2.05, 4.69) is 12.2 Å². The van der Waals surface area contributed by atoms with Gasteiger partial charge >= 0.3 is 0 Å². The first-order valence-corrected chi connectivity index (χ1v) is 6.37. The van der Waals surface area contributed by atoms with Gasteiger partial charge in [0.1, 0.15) is 6.61 Å². The third-order valence-corrected chi connectivity index (χ3v) is 2.77. The highest BCUT2D eigenvalue weighted by atomic mass is 35.5.